The summed E-state index contributed by atoms with van der Waals surface area (Å²) in [7, 11) is 1.54. The maximum absolute atomic E-state index is 12.7. The van der Waals surface area contributed by atoms with E-state index in [1.165, 1.54) is 6.08 Å². The lowest BCUT2D eigenvalue weighted by molar-refractivity contribution is -0.122. The Morgan fingerprint density at radius 1 is 1.08 bits per heavy atom. The predicted molar refractivity (Wildman–Crippen MR) is 96.1 cm³/mol. The van der Waals surface area contributed by atoms with Gasteiger partial charge in [0.05, 0.1) is 17.3 Å². The molecule has 1 saturated heterocycles. The second kappa shape index (κ2) is 6.90. The molecule has 0 aliphatic carbocycles. The number of carbonyl (C=O) groups excluding carboxylic acids is 3. The average molecular weight is 401 g/mol. The van der Waals surface area contributed by atoms with Crippen molar-refractivity contribution in [2.75, 3.05) is 12.0 Å². The van der Waals surface area contributed by atoms with Crippen LogP contribution in [0.15, 0.2) is 58.6 Å². The molecule has 0 spiro atoms. The van der Waals surface area contributed by atoms with Crippen LogP contribution < -0.4 is 15.0 Å². The zero-order chi connectivity index (χ0) is 18.0. The lowest BCUT2D eigenvalue weighted by Crippen LogP contribution is -2.54. The minimum absolute atomic E-state index is 0.125. The first-order valence-electron chi connectivity index (χ1n) is 7.31. The Hall–Kier alpha value is -2.93. The Labute approximate surface area is 152 Å². The molecule has 0 radical (unpaired) electrons. The van der Waals surface area contributed by atoms with E-state index in [0.29, 0.717) is 21.5 Å². The molecule has 1 N–H and O–H groups in total. The third kappa shape index (κ3) is 3.32. The molecule has 3 rings (SSSR count). The number of nitrogens with one attached hydrogen (secondary N) is 1. The van der Waals surface area contributed by atoms with Crippen LogP contribution in [-0.4, -0.2) is 25.0 Å². The maximum atomic E-state index is 12.7. The summed E-state index contributed by atoms with van der Waals surface area (Å²) in [6, 6.07) is 12.8. The number of imide groups is 2. The molecular weight excluding hydrogens is 388 g/mol. The number of carbonyl (C=O) groups is 3. The van der Waals surface area contributed by atoms with Gasteiger partial charge in [0.25, 0.3) is 11.8 Å². The summed E-state index contributed by atoms with van der Waals surface area (Å²) in [4.78, 5) is 37.8. The molecule has 0 atom stereocenters. The van der Waals surface area contributed by atoms with Gasteiger partial charge in [0.2, 0.25) is 0 Å². The van der Waals surface area contributed by atoms with Crippen molar-refractivity contribution in [1.29, 1.82) is 0 Å². The summed E-state index contributed by atoms with van der Waals surface area (Å²) in [5.41, 5.74) is 0.883. The van der Waals surface area contributed by atoms with Gasteiger partial charge in [0, 0.05) is 0 Å². The van der Waals surface area contributed by atoms with E-state index in [2.05, 4.69) is 21.2 Å². The molecule has 0 saturated carbocycles. The first-order chi connectivity index (χ1) is 12.0. The van der Waals surface area contributed by atoms with Crippen LogP contribution in [0.1, 0.15) is 5.56 Å². The van der Waals surface area contributed by atoms with E-state index in [0.717, 1.165) is 4.90 Å². The van der Waals surface area contributed by atoms with Crippen LogP contribution in [0.2, 0.25) is 0 Å². The fourth-order valence-electron chi connectivity index (χ4n) is 2.41. The Morgan fingerprint density at radius 2 is 1.80 bits per heavy atom. The zero-order valence-electron chi connectivity index (χ0n) is 13.2. The van der Waals surface area contributed by atoms with Crippen LogP contribution >= 0.6 is 15.9 Å². The Kier molecular flexibility index (Phi) is 4.67. The molecule has 1 aliphatic heterocycles. The van der Waals surface area contributed by atoms with Gasteiger partial charge >= 0.3 is 6.03 Å². The zero-order valence-corrected chi connectivity index (χ0v) is 14.7. The molecule has 6 nitrogen and oxygen atoms in total. The van der Waals surface area contributed by atoms with Gasteiger partial charge in [-0.15, -0.1) is 0 Å². The number of rotatable bonds is 3. The number of para-hydroxylation sites is 1. The number of anilines is 1. The summed E-state index contributed by atoms with van der Waals surface area (Å²) in [6.07, 6.45) is 1.43. The van der Waals surface area contributed by atoms with Crippen LogP contribution in [0.25, 0.3) is 6.08 Å². The highest BCUT2D eigenvalue weighted by Crippen LogP contribution is 2.27. The number of nitrogens with zero attached hydrogens (tertiary/aromatic N) is 1. The quantitative estimate of drug-likeness (QED) is 0.634. The smallest absolute Gasteiger partial charge is 0.335 e. The molecular formula is C18H13BrN2O4. The van der Waals surface area contributed by atoms with Gasteiger partial charge in [0.15, 0.2) is 0 Å². The first-order valence-corrected chi connectivity index (χ1v) is 8.10. The third-order valence-electron chi connectivity index (χ3n) is 3.60. The maximum Gasteiger partial charge on any atom is 0.335 e. The van der Waals surface area contributed by atoms with E-state index < -0.39 is 17.8 Å². The van der Waals surface area contributed by atoms with Gasteiger partial charge in [-0.05, 0) is 51.8 Å². The van der Waals surface area contributed by atoms with Gasteiger partial charge in [-0.3, -0.25) is 14.9 Å². The molecule has 25 heavy (non-hydrogen) atoms. The van der Waals surface area contributed by atoms with Crippen molar-refractivity contribution in [1.82, 2.24) is 5.32 Å². The van der Waals surface area contributed by atoms with Crippen LogP contribution in [0, 0.1) is 0 Å². The van der Waals surface area contributed by atoms with Crippen molar-refractivity contribution in [3.05, 3.63) is 64.1 Å². The number of barbiturate groups is 1. The van der Waals surface area contributed by atoms with Crippen LogP contribution in [0.4, 0.5) is 10.5 Å². The third-order valence-corrected chi connectivity index (χ3v) is 4.22. The number of benzene rings is 2. The van der Waals surface area contributed by atoms with Crippen molar-refractivity contribution in [3.8, 4) is 5.75 Å². The number of urea groups is 1. The largest absolute Gasteiger partial charge is 0.496 e. The van der Waals surface area contributed by atoms with Crippen molar-refractivity contribution in [2.24, 2.45) is 0 Å². The van der Waals surface area contributed by atoms with Gasteiger partial charge < -0.3 is 4.74 Å². The molecule has 126 valence electrons. The monoisotopic (exact) mass is 400 g/mol. The summed E-state index contributed by atoms with van der Waals surface area (Å²) >= 11 is 3.36. The average Bonchev–Trinajstić information content (AvgIpc) is 2.59. The number of hydrogen-bond donors (Lipinski definition) is 1. The summed E-state index contributed by atoms with van der Waals surface area (Å²) < 4.78 is 5.84. The Bertz CT molecular complexity index is 893. The molecule has 1 aliphatic rings. The van der Waals surface area contributed by atoms with E-state index >= 15 is 0 Å². The molecule has 0 unspecified atom stereocenters. The Morgan fingerprint density at radius 3 is 2.44 bits per heavy atom. The minimum Gasteiger partial charge on any atom is -0.496 e. The highest BCUT2D eigenvalue weighted by atomic mass is 79.9. The van der Waals surface area contributed by atoms with E-state index in [9.17, 15) is 14.4 Å². The molecule has 2 aromatic rings. The molecule has 1 heterocycles. The molecule has 7 heteroatoms. The number of halogens is 1. The molecule has 0 bridgehead atoms. The fraction of sp³-hybridized carbons (Fsp3) is 0.0556. The van der Waals surface area contributed by atoms with Crippen LogP contribution in [-0.2, 0) is 9.59 Å². The number of hydrogen-bond acceptors (Lipinski definition) is 4. The van der Waals surface area contributed by atoms with Crippen LogP contribution in [0.3, 0.4) is 0 Å². The lowest BCUT2D eigenvalue weighted by Gasteiger charge is -2.26. The first kappa shape index (κ1) is 16.9. The van der Waals surface area contributed by atoms with E-state index in [1.54, 1.807) is 55.6 Å². The SMILES string of the molecule is COc1ccc(/C=C2/C(=O)NC(=O)N(c3ccccc3)C2=O)cc1Br. The van der Waals surface area contributed by atoms with Gasteiger partial charge in [-0.1, -0.05) is 24.3 Å². The van der Waals surface area contributed by atoms with E-state index in [1.807, 2.05) is 0 Å². The fourth-order valence-corrected chi connectivity index (χ4v) is 2.97. The standard InChI is InChI=1S/C18H13BrN2O4/c1-25-15-8-7-11(10-14(15)19)9-13-16(22)20-18(24)21(17(13)23)12-5-3-2-4-6-12/h2-10H,1H3,(H,20,22,24)/b13-9-. The van der Waals surface area contributed by atoms with Crippen molar-refractivity contribution in [3.63, 3.8) is 0 Å². The van der Waals surface area contributed by atoms with E-state index in [4.69, 9.17) is 4.74 Å². The topological polar surface area (TPSA) is 75.7 Å². The molecule has 1 fully saturated rings. The summed E-state index contributed by atoms with van der Waals surface area (Å²) in [5.74, 6) is -0.774. The number of methoxy groups -OCH3 is 1. The van der Waals surface area contributed by atoms with Gasteiger partial charge in [0.1, 0.15) is 11.3 Å². The number of ether oxygens (including phenoxy) is 1. The minimum atomic E-state index is -0.769. The van der Waals surface area contributed by atoms with Gasteiger partial charge in [-0.2, -0.15) is 0 Å². The Balaban J connectivity index is 2.00. The highest BCUT2D eigenvalue weighted by Gasteiger charge is 2.36. The normalized spacial score (nSPS) is 16.2. The second-order valence-corrected chi connectivity index (χ2v) is 6.04. The molecule has 2 aromatic carbocycles. The highest BCUT2D eigenvalue weighted by molar-refractivity contribution is 9.10. The summed E-state index contributed by atoms with van der Waals surface area (Å²) in [6.45, 7) is 0. The van der Waals surface area contributed by atoms with Crippen LogP contribution in [0.5, 0.6) is 5.75 Å². The van der Waals surface area contributed by atoms with Crippen molar-refractivity contribution >= 4 is 45.5 Å². The predicted octanol–water partition coefficient (Wildman–Crippen LogP) is 3.12. The lowest BCUT2D eigenvalue weighted by atomic mass is 10.1. The van der Waals surface area contributed by atoms with Crippen molar-refractivity contribution < 1.29 is 19.1 Å². The molecule has 0 aromatic heterocycles. The summed E-state index contributed by atoms with van der Waals surface area (Å²) in [5, 5.41) is 2.19. The van der Waals surface area contributed by atoms with Gasteiger partial charge in [-0.25, -0.2) is 9.69 Å². The second-order valence-electron chi connectivity index (χ2n) is 5.19. The van der Waals surface area contributed by atoms with Crippen molar-refractivity contribution in [2.45, 2.75) is 0 Å². The van der Waals surface area contributed by atoms with E-state index in [-0.39, 0.29) is 5.57 Å². The number of amides is 4. The molecule has 4 amide bonds.